The van der Waals surface area contributed by atoms with Gasteiger partial charge in [0.1, 0.15) is 11.8 Å². The molecule has 1 fully saturated rings. The van der Waals surface area contributed by atoms with Crippen LogP contribution in [0, 0.1) is 0 Å². The van der Waals surface area contributed by atoms with Gasteiger partial charge in [-0.3, -0.25) is 4.90 Å². The first-order chi connectivity index (χ1) is 16.2. The summed E-state index contributed by atoms with van der Waals surface area (Å²) in [5.74, 6) is -1.18. The van der Waals surface area contributed by atoms with Crippen LogP contribution in [0.15, 0.2) is 18.2 Å². The quantitative estimate of drug-likeness (QED) is 0.388. The highest BCUT2D eigenvalue weighted by Crippen LogP contribution is 2.35. The number of amides is 1. The zero-order chi connectivity index (χ0) is 26.4. The van der Waals surface area contributed by atoms with Crippen molar-refractivity contribution in [3.63, 3.8) is 0 Å². The van der Waals surface area contributed by atoms with E-state index in [1.54, 1.807) is 6.92 Å². The number of hydrogen-bond donors (Lipinski definition) is 0. The maximum Gasteiger partial charge on any atom is 0.511 e. The van der Waals surface area contributed by atoms with Gasteiger partial charge in [0.15, 0.2) is 5.60 Å². The number of alkyl halides is 3. The van der Waals surface area contributed by atoms with E-state index in [-0.39, 0.29) is 32.0 Å². The lowest BCUT2D eigenvalue weighted by molar-refractivity contribution is -0.266. The van der Waals surface area contributed by atoms with Crippen molar-refractivity contribution in [3.05, 3.63) is 29.3 Å². The fraction of sp³-hybridized carbons (Fsp3) is 0.591. The van der Waals surface area contributed by atoms with Gasteiger partial charge in [0.05, 0.1) is 12.2 Å². The molecule has 0 radical (unpaired) electrons. The second kappa shape index (κ2) is 11.5. The van der Waals surface area contributed by atoms with Gasteiger partial charge >= 0.3 is 18.3 Å². The second-order valence-corrected chi connectivity index (χ2v) is 8.24. The first-order valence-corrected chi connectivity index (χ1v) is 10.8. The van der Waals surface area contributed by atoms with Crippen molar-refractivity contribution in [2.45, 2.75) is 52.3 Å². The summed E-state index contributed by atoms with van der Waals surface area (Å²) in [6, 6.07) is 2.94. The maximum atomic E-state index is 13.3. The third-order valence-electron chi connectivity index (χ3n) is 5.07. The fourth-order valence-electron chi connectivity index (χ4n) is 3.21. The number of ether oxygens (including phenoxy) is 4. The van der Waals surface area contributed by atoms with Gasteiger partial charge in [0.25, 0.3) is 0 Å². The summed E-state index contributed by atoms with van der Waals surface area (Å²) in [5.41, 5.74) is -2.36. The second-order valence-electron chi connectivity index (χ2n) is 8.24. The predicted octanol–water partition coefficient (Wildman–Crippen LogP) is 2.39. The lowest BCUT2D eigenvalue weighted by Crippen LogP contribution is -2.52. The first-order valence-electron chi connectivity index (χ1n) is 10.8. The SMILES string of the molecule is CCOC(=O)OC(C)OC(=O)C(C)(C)Oc1cc(C(F)(F)F)ccc1CN1CCN(C(=O)[O-])CC1. The van der Waals surface area contributed by atoms with Gasteiger partial charge in [-0.25, -0.2) is 9.59 Å². The Morgan fingerprint density at radius 2 is 1.71 bits per heavy atom. The number of rotatable bonds is 8. The monoisotopic (exact) mass is 505 g/mol. The Morgan fingerprint density at radius 1 is 1.09 bits per heavy atom. The smallest absolute Gasteiger partial charge is 0.511 e. The first kappa shape index (κ1) is 28.0. The Morgan fingerprint density at radius 3 is 2.26 bits per heavy atom. The van der Waals surface area contributed by atoms with Crippen LogP contribution in [0.4, 0.5) is 22.8 Å². The summed E-state index contributed by atoms with van der Waals surface area (Å²) in [5, 5.41) is 11.0. The number of benzene rings is 1. The minimum atomic E-state index is -4.65. The highest BCUT2D eigenvalue weighted by molar-refractivity contribution is 5.79. The van der Waals surface area contributed by atoms with Crippen molar-refractivity contribution in [3.8, 4) is 5.75 Å². The molecular weight excluding hydrogens is 477 g/mol. The lowest BCUT2D eigenvalue weighted by atomic mass is 10.1. The molecule has 13 heteroatoms. The molecule has 0 aliphatic carbocycles. The van der Waals surface area contributed by atoms with Gasteiger partial charge in [0.2, 0.25) is 6.29 Å². The summed E-state index contributed by atoms with van der Waals surface area (Å²) in [6.07, 6.45) is -8.32. The van der Waals surface area contributed by atoms with E-state index in [1.807, 2.05) is 4.90 Å². The molecule has 196 valence electrons. The number of halogens is 3. The van der Waals surface area contributed by atoms with Crippen molar-refractivity contribution in [1.82, 2.24) is 9.80 Å². The van der Waals surface area contributed by atoms with Crippen molar-refractivity contribution in [2.75, 3.05) is 32.8 Å². The number of piperazine rings is 1. The molecule has 1 saturated heterocycles. The number of carbonyl (C=O) groups is 3. The molecule has 0 saturated carbocycles. The van der Waals surface area contributed by atoms with E-state index < -0.39 is 41.8 Å². The molecule has 1 unspecified atom stereocenters. The number of nitrogens with zero attached hydrogens (tertiary/aromatic N) is 2. The van der Waals surface area contributed by atoms with Gasteiger partial charge in [-0.1, -0.05) is 6.07 Å². The highest BCUT2D eigenvalue weighted by Gasteiger charge is 2.37. The maximum absolute atomic E-state index is 13.3. The van der Waals surface area contributed by atoms with E-state index in [2.05, 4.69) is 4.74 Å². The van der Waals surface area contributed by atoms with Gasteiger partial charge in [-0.15, -0.1) is 0 Å². The number of carbonyl (C=O) groups excluding carboxylic acids is 3. The molecule has 0 N–H and O–H groups in total. The summed E-state index contributed by atoms with van der Waals surface area (Å²) in [4.78, 5) is 38.0. The largest absolute Gasteiger partial charge is 0.530 e. The third kappa shape index (κ3) is 8.19. The number of hydrogen-bond acceptors (Lipinski definition) is 9. The Kier molecular flexibility index (Phi) is 9.18. The highest BCUT2D eigenvalue weighted by atomic mass is 19.4. The molecule has 1 aliphatic heterocycles. The van der Waals surface area contributed by atoms with Crippen LogP contribution >= 0.6 is 0 Å². The van der Waals surface area contributed by atoms with Crippen LogP contribution in [0.2, 0.25) is 0 Å². The zero-order valence-electron chi connectivity index (χ0n) is 19.8. The Bertz CT molecular complexity index is 914. The van der Waals surface area contributed by atoms with Crippen LogP contribution in [0.1, 0.15) is 38.8 Å². The molecule has 10 nitrogen and oxygen atoms in total. The molecule has 1 aliphatic rings. The minimum absolute atomic E-state index is 0.0503. The molecule has 1 atom stereocenters. The molecule has 0 spiro atoms. The molecular formula is C22H28F3N2O8-. The molecule has 35 heavy (non-hydrogen) atoms. The lowest BCUT2D eigenvalue weighted by Gasteiger charge is -2.36. The Hall–Kier alpha value is -3.22. The van der Waals surface area contributed by atoms with E-state index in [9.17, 15) is 32.7 Å². The molecule has 0 bridgehead atoms. The zero-order valence-corrected chi connectivity index (χ0v) is 19.8. The van der Waals surface area contributed by atoms with E-state index in [0.717, 1.165) is 17.0 Å². The topological polar surface area (TPSA) is 118 Å². The predicted molar refractivity (Wildman–Crippen MR) is 112 cm³/mol. The van der Waals surface area contributed by atoms with E-state index in [1.165, 1.54) is 26.8 Å². The van der Waals surface area contributed by atoms with Gasteiger partial charge in [0, 0.05) is 45.2 Å². The van der Waals surface area contributed by atoms with Crippen molar-refractivity contribution >= 4 is 18.2 Å². The molecule has 1 aromatic carbocycles. The summed E-state index contributed by atoms with van der Waals surface area (Å²) >= 11 is 0. The molecule has 2 rings (SSSR count). The third-order valence-corrected chi connectivity index (χ3v) is 5.07. The van der Waals surface area contributed by atoms with E-state index in [0.29, 0.717) is 18.7 Å². The average Bonchev–Trinajstić information content (AvgIpc) is 2.74. The molecule has 0 aromatic heterocycles. The van der Waals surface area contributed by atoms with Crippen molar-refractivity contribution in [1.29, 1.82) is 0 Å². The number of esters is 1. The van der Waals surface area contributed by atoms with E-state index >= 15 is 0 Å². The minimum Gasteiger partial charge on any atom is -0.530 e. The number of carboxylic acid groups (broad SMARTS) is 1. The van der Waals surface area contributed by atoms with Crippen LogP contribution in [0.25, 0.3) is 0 Å². The summed E-state index contributed by atoms with van der Waals surface area (Å²) in [7, 11) is 0. The van der Waals surface area contributed by atoms with Crippen LogP contribution in [0.3, 0.4) is 0 Å². The summed E-state index contributed by atoms with van der Waals surface area (Å²) < 4.78 is 60.1. The van der Waals surface area contributed by atoms with Crippen LogP contribution in [0.5, 0.6) is 5.75 Å². The Balaban J connectivity index is 2.18. The van der Waals surface area contributed by atoms with E-state index in [4.69, 9.17) is 14.2 Å². The van der Waals surface area contributed by atoms with Gasteiger partial charge in [-0.05, 0) is 32.9 Å². The van der Waals surface area contributed by atoms with Gasteiger partial charge < -0.3 is 33.7 Å². The standard InChI is InChI=1S/C22H29F3N2O8/c1-5-32-20(31)34-14(2)33-18(28)21(3,4)35-17-12-16(22(23,24)25)7-6-15(17)13-26-8-10-27(11-9-26)19(29)30/h6-7,12,14H,5,8-11,13H2,1-4H3,(H,29,30)/p-1. The van der Waals surface area contributed by atoms with Crippen LogP contribution in [-0.4, -0.2) is 72.7 Å². The van der Waals surface area contributed by atoms with Crippen molar-refractivity contribution < 1.29 is 51.6 Å². The van der Waals surface area contributed by atoms with Crippen LogP contribution < -0.4 is 9.84 Å². The van der Waals surface area contributed by atoms with Gasteiger partial charge in [-0.2, -0.15) is 13.2 Å². The molecule has 1 aromatic rings. The van der Waals surface area contributed by atoms with Crippen LogP contribution in [-0.2, 0) is 31.7 Å². The van der Waals surface area contributed by atoms with Crippen molar-refractivity contribution in [2.24, 2.45) is 0 Å². The average molecular weight is 505 g/mol. The Labute approximate surface area is 200 Å². The fourth-order valence-corrected chi connectivity index (χ4v) is 3.21. The molecule has 1 heterocycles. The normalized spacial score (nSPS) is 15.8. The molecule has 1 amide bonds. The summed E-state index contributed by atoms with van der Waals surface area (Å²) in [6.45, 7) is 6.69.